The van der Waals surface area contributed by atoms with Gasteiger partial charge in [0.15, 0.2) is 5.17 Å². The van der Waals surface area contributed by atoms with Crippen LogP contribution < -0.4 is 4.74 Å². The van der Waals surface area contributed by atoms with E-state index in [9.17, 15) is 4.79 Å². The van der Waals surface area contributed by atoms with Gasteiger partial charge in [0.2, 0.25) is 0 Å². The molecule has 24 heavy (non-hydrogen) atoms. The van der Waals surface area contributed by atoms with Gasteiger partial charge in [-0.3, -0.25) is 4.79 Å². The van der Waals surface area contributed by atoms with Gasteiger partial charge in [0.1, 0.15) is 5.75 Å². The van der Waals surface area contributed by atoms with Crippen LogP contribution in [0.15, 0.2) is 34.2 Å². The molecule has 3 rings (SSSR count). The molecule has 2 heterocycles. The number of amides is 1. The van der Waals surface area contributed by atoms with E-state index < -0.39 is 0 Å². The number of aliphatic imine (C=N–C) groups is 1. The number of hydrogen-bond donors (Lipinski definition) is 0. The molecule has 1 amide bonds. The molecule has 0 spiro atoms. The van der Waals surface area contributed by atoms with Gasteiger partial charge < -0.3 is 14.5 Å². The van der Waals surface area contributed by atoms with Crippen molar-refractivity contribution in [1.29, 1.82) is 0 Å². The normalized spacial score (nSPS) is 20.6. The van der Waals surface area contributed by atoms with Crippen LogP contribution in [0.3, 0.4) is 0 Å². The first-order valence-corrected chi connectivity index (χ1v) is 9.17. The second kappa shape index (κ2) is 7.85. The van der Waals surface area contributed by atoms with E-state index in [0.717, 1.165) is 49.1 Å². The van der Waals surface area contributed by atoms with E-state index in [2.05, 4.69) is 28.8 Å². The maximum Gasteiger partial charge on any atom is 0.286 e. The van der Waals surface area contributed by atoms with Gasteiger partial charge in [-0.25, -0.2) is 0 Å². The van der Waals surface area contributed by atoms with Gasteiger partial charge in [-0.15, -0.1) is 0 Å². The Morgan fingerprint density at radius 1 is 1.25 bits per heavy atom. The molecule has 6 heteroatoms. The largest absolute Gasteiger partial charge is 0.493 e. The third-order valence-electron chi connectivity index (χ3n) is 4.05. The number of amidine groups is 1. The number of hydrogen-bond acceptors (Lipinski definition) is 5. The summed E-state index contributed by atoms with van der Waals surface area (Å²) in [5.74, 6) is 0.660. The van der Waals surface area contributed by atoms with E-state index >= 15 is 0 Å². The molecule has 0 saturated carbocycles. The predicted molar refractivity (Wildman–Crippen MR) is 99.3 cm³/mol. The van der Waals surface area contributed by atoms with E-state index in [1.165, 1.54) is 11.8 Å². The SMILES string of the molecule is CCCOc1ccccc1/C=C1\SC(N2CCN(C)CC2)=NC1=O. The number of piperazine rings is 1. The first kappa shape index (κ1) is 17.0. The standard InChI is InChI=1S/C18H23N3O2S/c1-3-12-23-15-7-5-4-6-14(15)13-16-17(22)19-18(24-16)21-10-8-20(2)9-11-21/h4-7,13H,3,8-12H2,1-2H3/b16-13-. The van der Waals surface area contributed by atoms with Crippen LogP contribution in [0, 0.1) is 0 Å². The van der Waals surface area contributed by atoms with Crippen molar-refractivity contribution >= 4 is 28.9 Å². The molecule has 0 radical (unpaired) electrons. The number of carbonyl (C=O) groups excluding carboxylic acids is 1. The first-order chi connectivity index (χ1) is 11.7. The fraction of sp³-hybridized carbons (Fsp3) is 0.444. The van der Waals surface area contributed by atoms with Crippen LogP contribution in [0.5, 0.6) is 5.75 Å². The summed E-state index contributed by atoms with van der Waals surface area (Å²) in [4.78, 5) is 21.7. The molecule has 0 aromatic heterocycles. The highest BCUT2D eigenvalue weighted by molar-refractivity contribution is 8.18. The molecule has 5 nitrogen and oxygen atoms in total. The zero-order chi connectivity index (χ0) is 16.9. The Bertz CT molecular complexity index is 664. The molecule has 1 aromatic rings. The maximum atomic E-state index is 12.3. The van der Waals surface area contributed by atoms with Gasteiger partial charge in [-0.1, -0.05) is 25.1 Å². The lowest BCUT2D eigenvalue weighted by molar-refractivity contribution is -0.113. The highest BCUT2D eigenvalue weighted by Crippen LogP contribution is 2.32. The average Bonchev–Trinajstić information content (AvgIpc) is 2.95. The molecule has 0 atom stereocenters. The Balaban J connectivity index is 1.73. The number of para-hydroxylation sites is 1. The van der Waals surface area contributed by atoms with Crippen LogP contribution in [-0.4, -0.2) is 60.7 Å². The van der Waals surface area contributed by atoms with E-state index in [-0.39, 0.29) is 5.91 Å². The zero-order valence-corrected chi connectivity index (χ0v) is 15.0. The van der Waals surface area contributed by atoms with Crippen molar-refractivity contribution in [2.45, 2.75) is 13.3 Å². The summed E-state index contributed by atoms with van der Waals surface area (Å²) in [5, 5.41) is 0.825. The summed E-state index contributed by atoms with van der Waals surface area (Å²) in [5.41, 5.74) is 0.927. The Labute approximate surface area is 147 Å². The molecule has 128 valence electrons. The average molecular weight is 345 g/mol. The number of thioether (sulfide) groups is 1. The Morgan fingerprint density at radius 3 is 2.75 bits per heavy atom. The molecule has 1 fully saturated rings. The van der Waals surface area contributed by atoms with Gasteiger partial charge in [-0.05, 0) is 37.4 Å². The van der Waals surface area contributed by atoms with Crippen LogP contribution in [0.4, 0.5) is 0 Å². The molecule has 0 aliphatic carbocycles. The van der Waals surface area contributed by atoms with Gasteiger partial charge in [0.05, 0.1) is 11.5 Å². The summed E-state index contributed by atoms with van der Waals surface area (Å²) in [6, 6.07) is 7.81. The van der Waals surface area contributed by atoms with Gasteiger partial charge in [0, 0.05) is 31.7 Å². The van der Waals surface area contributed by atoms with Crippen molar-refractivity contribution in [3.63, 3.8) is 0 Å². The third-order valence-corrected chi connectivity index (χ3v) is 5.09. The Hall–Kier alpha value is -1.79. The highest BCUT2D eigenvalue weighted by Gasteiger charge is 2.27. The summed E-state index contributed by atoms with van der Waals surface area (Å²) in [6.45, 7) is 6.58. The Kier molecular flexibility index (Phi) is 5.58. The monoisotopic (exact) mass is 345 g/mol. The number of carbonyl (C=O) groups is 1. The lowest BCUT2D eigenvalue weighted by Gasteiger charge is -2.32. The number of nitrogens with zero attached hydrogens (tertiary/aromatic N) is 3. The van der Waals surface area contributed by atoms with E-state index in [1.807, 2.05) is 30.3 Å². The minimum atomic E-state index is -0.153. The molecular formula is C18H23N3O2S. The molecule has 1 saturated heterocycles. The third kappa shape index (κ3) is 3.99. The lowest BCUT2D eigenvalue weighted by atomic mass is 10.2. The molecule has 2 aliphatic rings. The lowest BCUT2D eigenvalue weighted by Crippen LogP contribution is -2.46. The molecule has 0 bridgehead atoms. The summed E-state index contributed by atoms with van der Waals surface area (Å²) < 4.78 is 5.77. The van der Waals surface area contributed by atoms with Gasteiger partial charge in [-0.2, -0.15) is 4.99 Å². The van der Waals surface area contributed by atoms with Crippen LogP contribution in [0.2, 0.25) is 0 Å². The number of rotatable bonds is 4. The number of likely N-dealkylation sites (N-methyl/N-ethyl adjacent to an activating group) is 1. The quantitative estimate of drug-likeness (QED) is 0.785. The smallest absolute Gasteiger partial charge is 0.286 e. The molecule has 1 aromatic carbocycles. The van der Waals surface area contributed by atoms with E-state index in [4.69, 9.17) is 4.74 Å². The van der Waals surface area contributed by atoms with Crippen LogP contribution in [-0.2, 0) is 4.79 Å². The van der Waals surface area contributed by atoms with E-state index in [1.54, 1.807) is 0 Å². The molecule has 0 unspecified atom stereocenters. The van der Waals surface area contributed by atoms with Crippen molar-refractivity contribution in [2.75, 3.05) is 39.8 Å². The number of benzene rings is 1. The maximum absolute atomic E-state index is 12.3. The van der Waals surface area contributed by atoms with Gasteiger partial charge >= 0.3 is 0 Å². The van der Waals surface area contributed by atoms with Crippen molar-refractivity contribution < 1.29 is 9.53 Å². The second-order valence-electron chi connectivity index (χ2n) is 5.99. The molecule has 0 N–H and O–H groups in total. The minimum absolute atomic E-state index is 0.153. The van der Waals surface area contributed by atoms with Gasteiger partial charge in [0.25, 0.3) is 5.91 Å². The second-order valence-corrected chi connectivity index (χ2v) is 7.00. The van der Waals surface area contributed by atoms with Crippen LogP contribution in [0.1, 0.15) is 18.9 Å². The van der Waals surface area contributed by atoms with E-state index in [0.29, 0.717) is 11.5 Å². The van der Waals surface area contributed by atoms with Crippen LogP contribution >= 0.6 is 11.8 Å². The fourth-order valence-corrected chi connectivity index (χ4v) is 3.57. The first-order valence-electron chi connectivity index (χ1n) is 8.35. The summed E-state index contributed by atoms with van der Waals surface area (Å²) in [7, 11) is 2.12. The molecular weight excluding hydrogens is 322 g/mol. The van der Waals surface area contributed by atoms with Crippen molar-refractivity contribution in [1.82, 2.24) is 9.80 Å². The van der Waals surface area contributed by atoms with Crippen molar-refractivity contribution in [3.05, 3.63) is 34.7 Å². The van der Waals surface area contributed by atoms with Crippen molar-refractivity contribution in [2.24, 2.45) is 4.99 Å². The Morgan fingerprint density at radius 2 is 2.00 bits per heavy atom. The summed E-state index contributed by atoms with van der Waals surface area (Å²) in [6.07, 6.45) is 2.85. The number of ether oxygens (including phenoxy) is 1. The fourth-order valence-electron chi connectivity index (χ4n) is 2.62. The molecule has 2 aliphatic heterocycles. The minimum Gasteiger partial charge on any atom is -0.493 e. The van der Waals surface area contributed by atoms with Crippen LogP contribution in [0.25, 0.3) is 6.08 Å². The predicted octanol–water partition coefficient (Wildman–Crippen LogP) is 2.69. The topological polar surface area (TPSA) is 45.1 Å². The highest BCUT2D eigenvalue weighted by atomic mass is 32.2. The summed E-state index contributed by atoms with van der Waals surface area (Å²) >= 11 is 1.47. The zero-order valence-electron chi connectivity index (χ0n) is 14.2. The van der Waals surface area contributed by atoms with Crippen molar-refractivity contribution in [3.8, 4) is 5.75 Å².